The van der Waals surface area contributed by atoms with Crippen molar-refractivity contribution in [2.24, 2.45) is 0 Å². The Balaban J connectivity index is 1.68. The predicted octanol–water partition coefficient (Wildman–Crippen LogP) is 5.22. The first-order chi connectivity index (χ1) is 21.7. The van der Waals surface area contributed by atoms with E-state index in [0.717, 1.165) is 33.9 Å². The summed E-state index contributed by atoms with van der Waals surface area (Å²) in [4.78, 5) is 37.2. The number of rotatable bonds is 6. The van der Waals surface area contributed by atoms with Crippen molar-refractivity contribution in [2.45, 2.75) is 17.4 Å². The number of ether oxygens (including phenoxy) is 2. The molecule has 0 radical (unpaired) electrons. The third-order valence-electron chi connectivity index (χ3n) is 9.21. The lowest BCUT2D eigenvalue weighted by Crippen LogP contribution is -2.49. The maximum Gasteiger partial charge on any atom is 0.385 e. The Bertz CT molecular complexity index is 1970. The number of methoxy groups -OCH3 is 2. The van der Waals surface area contributed by atoms with Crippen LogP contribution in [0.15, 0.2) is 103 Å². The lowest BCUT2D eigenvalue weighted by molar-refractivity contribution is -0.569. The molecule has 2 aliphatic carbocycles. The Morgan fingerprint density at radius 1 is 0.800 bits per heavy atom. The number of fused-ring (bicyclic) bond motifs is 6. The molecule has 1 spiro atoms. The lowest BCUT2D eigenvalue weighted by atomic mass is 9.85. The molecule has 11 heteroatoms. The first-order valence-corrected chi connectivity index (χ1v) is 14.2. The van der Waals surface area contributed by atoms with E-state index in [9.17, 15) is 30.1 Å². The molecule has 7 rings (SSSR count). The molecule has 0 amide bonds. The lowest BCUT2D eigenvalue weighted by Gasteiger charge is -2.26. The zero-order chi connectivity index (χ0) is 31.7. The first-order valence-electron chi connectivity index (χ1n) is 14.2. The fourth-order valence-corrected chi connectivity index (χ4v) is 7.60. The first kappa shape index (κ1) is 28.0. The Labute approximate surface area is 256 Å². The largest absolute Gasteiger partial charge is 0.481 e. The van der Waals surface area contributed by atoms with Gasteiger partial charge >= 0.3 is 11.5 Å². The number of non-ortho nitro benzene ring substituents is 2. The molecule has 1 atom stereocenters. The fourth-order valence-electron chi connectivity index (χ4n) is 7.60. The van der Waals surface area contributed by atoms with E-state index in [1.54, 1.807) is 10.6 Å². The predicted molar refractivity (Wildman–Crippen MR) is 162 cm³/mol. The van der Waals surface area contributed by atoms with E-state index in [-0.39, 0.29) is 17.7 Å². The van der Waals surface area contributed by atoms with Crippen molar-refractivity contribution in [1.29, 1.82) is 0 Å². The minimum absolute atomic E-state index is 0.171. The third-order valence-corrected chi connectivity index (χ3v) is 9.21. The van der Waals surface area contributed by atoms with E-state index in [2.05, 4.69) is 0 Å². The van der Waals surface area contributed by atoms with E-state index in [1.165, 1.54) is 26.4 Å². The Kier molecular flexibility index (Phi) is 6.12. The number of carbonyl (C=O) groups excluding carboxylic acids is 1. The molecule has 0 bridgehead atoms. The number of aliphatic hydroxyl groups excluding tert-OH is 1. The van der Waals surface area contributed by atoms with Crippen molar-refractivity contribution in [2.75, 3.05) is 20.8 Å². The van der Waals surface area contributed by atoms with E-state index < -0.39 is 44.1 Å². The van der Waals surface area contributed by atoms with E-state index in [0.29, 0.717) is 17.7 Å². The summed E-state index contributed by atoms with van der Waals surface area (Å²) >= 11 is 0. The second-order valence-corrected chi connectivity index (χ2v) is 11.1. The molecule has 1 heterocycles. The van der Waals surface area contributed by atoms with Crippen LogP contribution in [0.1, 0.15) is 27.8 Å². The topological polar surface area (TPSA) is 145 Å². The monoisotopic (exact) mass is 604 g/mol. The fraction of sp³-hybridized carbons (Fsp3) is 0.176. The second-order valence-electron chi connectivity index (χ2n) is 11.1. The highest BCUT2D eigenvalue weighted by molar-refractivity contribution is 6.14. The molecular formula is C34H26N3O8+. The average Bonchev–Trinajstić information content (AvgIpc) is 3.61. The van der Waals surface area contributed by atoms with Gasteiger partial charge in [-0.05, 0) is 33.9 Å². The molecule has 1 fully saturated rings. The molecule has 4 aromatic rings. The minimum atomic E-state index is -1.73. The summed E-state index contributed by atoms with van der Waals surface area (Å²) in [6.07, 6.45) is 0.468. The van der Waals surface area contributed by atoms with Crippen LogP contribution in [0.25, 0.3) is 11.1 Å². The van der Waals surface area contributed by atoms with Gasteiger partial charge in [0, 0.05) is 24.1 Å². The Morgan fingerprint density at radius 3 is 1.87 bits per heavy atom. The molecule has 3 aliphatic rings. The number of nitro benzene ring substituents is 2. The molecule has 1 unspecified atom stereocenters. The van der Waals surface area contributed by atoms with Crippen LogP contribution < -0.4 is 0 Å². The van der Waals surface area contributed by atoms with Gasteiger partial charge in [-0.25, -0.2) is 9.37 Å². The third kappa shape index (κ3) is 3.51. The van der Waals surface area contributed by atoms with E-state index >= 15 is 0 Å². The van der Waals surface area contributed by atoms with Crippen LogP contribution in [0.2, 0.25) is 0 Å². The number of aliphatic hydroxyl groups is 1. The van der Waals surface area contributed by atoms with Gasteiger partial charge in [0.05, 0.1) is 35.7 Å². The Morgan fingerprint density at radius 2 is 1.33 bits per heavy atom. The van der Waals surface area contributed by atoms with Crippen molar-refractivity contribution in [1.82, 2.24) is 0 Å². The van der Waals surface area contributed by atoms with Crippen LogP contribution >= 0.6 is 0 Å². The van der Waals surface area contributed by atoms with Crippen molar-refractivity contribution in [3.8, 4) is 11.1 Å². The van der Waals surface area contributed by atoms with Gasteiger partial charge in [-0.2, -0.15) is 0 Å². The molecule has 1 aliphatic heterocycles. The normalized spacial score (nSPS) is 19.7. The zero-order valence-corrected chi connectivity index (χ0v) is 24.2. The summed E-state index contributed by atoms with van der Waals surface area (Å²) in [6, 6.07) is 26.0. The number of carbonyl (C=O) groups is 1. The molecule has 0 saturated heterocycles. The van der Waals surface area contributed by atoms with Crippen LogP contribution in [0.5, 0.6) is 0 Å². The van der Waals surface area contributed by atoms with Crippen LogP contribution in [-0.2, 0) is 26.1 Å². The standard InChI is InChI=1S/C34H25N3O8/c1-44-31(38)30-33(27-13-7-5-11-25(27)26-12-6-8-14-28(26)33)34(30,32(39)45-2)35-16-15-20-9-3-4-10-24(20)29(35)21-17-22(36(40)41)19-23(18-21)37(42)43/h3-14,17-19H,15-16H2,1-2H3/p+1/b31-30-. The highest BCUT2D eigenvalue weighted by Gasteiger charge is 2.92. The van der Waals surface area contributed by atoms with Gasteiger partial charge in [-0.15, -0.1) is 0 Å². The number of hydrogen-bond donors (Lipinski definition) is 1. The van der Waals surface area contributed by atoms with Crippen molar-refractivity contribution in [3.05, 3.63) is 151 Å². The van der Waals surface area contributed by atoms with Crippen molar-refractivity contribution in [3.63, 3.8) is 0 Å². The summed E-state index contributed by atoms with van der Waals surface area (Å²) in [5, 5.41) is 35.5. The second kappa shape index (κ2) is 9.84. The highest BCUT2D eigenvalue weighted by atomic mass is 16.6. The molecular weight excluding hydrogens is 578 g/mol. The van der Waals surface area contributed by atoms with Gasteiger partial charge < -0.3 is 14.6 Å². The summed E-state index contributed by atoms with van der Waals surface area (Å²) in [5.74, 6) is -1.15. The summed E-state index contributed by atoms with van der Waals surface area (Å²) in [5.41, 5.74) is 1.58. The van der Waals surface area contributed by atoms with Crippen LogP contribution in [0.3, 0.4) is 0 Å². The van der Waals surface area contributed by atoms with Gasteiger partial charge in [0.1, 0.15) is 17.5 Å². The maximum absolute atomic E-state index is 14.6. The molecule has 45 heavy (non-hydrogen) atoms. The van der Waals surface area contributed by atoms with Gasteiger partial charge in [-0.1, -0.05) is 66.7 Å². The van der Waals surface area contributed by atoms with E-state index in [1.807, 2.05) is 66.7 Å². The van der Waals surface area contributed by atoms with Crippen LogP contribution in [0.4, 0.5) is 11.4 Å². The number of hydrogen-bond acceptors (Lipinski definition) is 8. The van der Waals surface area contributed by atoms with Crippen LogP contribution in [0, 0.1) is 20.2 Å². The molecule has 4 aromatic carbocycles. The maximum atomic E-state index is 14.6. The average molecular weight is 605 g/mol. The SMILES string of the molecule is COC(=O)C1([N+]2=C(c3cc([N+](=O)[O-])cc([N+](=O)[O-])c3)c3ccccc3CC2)/C(=C(/O)OC)C12c1ccccc1-c1ccccc12. The minimum Gasteiger partial charge on any atom is -0.481 e. The van der Waals surface area contributed by atoms with Gasteiger partial charge in [-0.3, -0.25) is 20.2 Å². The van der Waals surface area contributed by atoms with Gasteiger partial charge in [0.15, 0.2) is 0 Å². The zero-order valence-electron chi connectivity index (χ0n) is 24.2. The summed E-state index contributed by atoms with van der Waals surface area (Å²) in [6.45, 7) is 0.213. The quantitative estimate of drug-likeness (QED) is 0.104. The number of benzene rings is 4. The van der Waals surface area contributed by atoms with E-state index in [4.69, 9.17) is 9.47 Å². The highest BCUT2D eigenvalue weighted by Crippen LogP contribution is 2.74. The smallest absolute Gasteiger partial charge is 0.385 e. The number of esters is 1. The molecule has 224 valence electrons. The number of nitro groups is 2. The van der Waals surface area contributed by atoms with Crippen LogP contribution in [-0.4, -0.2) is 57.5 Å². The summed E-state index contributed by atoms with van der Waals surface area (Å²) < 4.78 is 12.8. The molecule has 0 aromatic heterocycles. The molecule has 1 saturated carbocycles. The van der Waals surface area contributed by atoms with Gasteiger partial charge in [0.25, 0.3) is 17.3 Å². The summed E-state index contributed by atoms with van der Waals surface area (Å²) in [7, 11) is 2.57. The van der Waals surface area contributed by atoms with Gasteiger partial charge in [0.2, 0.25) is 5.71 Å². The molecule has 11 nitrogen and oxygen atoms in total. The number of nitrogens with zero attached hydrogens (tertiary/aromatic N) is 3. The Hall–Kier alpha value is -5.84. The van der Waals surface area contributed by atoms with Crippen molar-refractivity contribution >= 4 is 23.1 Å². The van der Waals surface area contributed by atoms with Crippen molar-refractivity contribution < 1.29 is 33.8 Å². The molecule has 1 N–H and O–H groups in total.